The monoisotopic (exact) mass is 547 g/mol. The molecule has 8 heteroatoms. The van der Waals surface area contributed by atoms with Gasteiger partial charge in [0.15, 0.2) is 5.75 Å². The Morgan fingerprint density at radius 3 is 2.42 bits per heavy atom. The zero-order chi connectivity index (χ0) is 22.4. The maximum Gasteiger partial charge on any atom is 0.347 e. The molecule has 1 atom stereocenters. The van der Waals surface area contributed by atoms with E-state index in [1.807, 2.05) is 30.3 Å². The van der Waals surface area contributed by atoms with E-state index in [1.165, 1.54) is 13.1 Å². The van der Waals surface area contributed by atoms with Crippen LogP contribution < -0.4 is 4.74 Å². The molecule has 0 heterocycles. The molecule has 31 heavy (non-hydrogen) atoms. The van der Waals surface area contributed by atoms with Crippen molar-refractivity contribution in [3.8, 4) is 17.2 Å². The van der Waals surface area contributed by atoms with Crippen molar-refractivity contribution in [3.63, 3.8) is 0 Å². The fraction of sp³-hybridized carbons (Fsp3) is 0.130. The van der Waals surface area contributed by atoms with Gasteiger partial charge >= 0.3 is 5.97 Å². The highest BCUT2D eigenvalue weighted by molar-refractivity contribution is 9.11. The van der Waals surface area contributed by atoms with Crippen LogP contribution in [0.3, 0.4) is 0 Å². The van der Waals surface area contributed by atoms with Crippen LogP contribution in [0.1, 0.15) is 23.6 Å². The molecule has 160 valence electrons. The lowest BCUT2D eigenvalue weighted by Gasteiger charge is -2.13. The third kappa shape index (κ3) is 6.32. The van der Waals surface area contributed by atoms with Gasteiger partial charge in [0.2, 0.25) is 6.10 Å². The molecule has 0 aliphatic heterocycles. The van der Waals surface area contributed by atoms with Gasteiger partial charge in [-0.25, -0.2) is 4.79 Å². The van der Waals surface area contributed by atoms with Crippen molar-refractivity contribution < 1.29 is 24.6 Å². The summed E-state index contributed by atoms with van der Waals surface area (Å²) in [4.78, 5) is 15.6. The maximum atomic E-state index is 10.8. The van der Waals surface area contributed by atoms with Gasteiger partial charge < -0.3 is 19.8 Å². The number of hydrogen-bond acceptors (Lipinski definition) is 5. The lowest BCUT2D eigenvalue weighted by molar-refractivity contribution is -0.149. The summed E-state index contributed by atoms with van der Waals surface area (Å²) in [5, 5.41) is 22.7. The standard InChI is InChI=1S/C23H19Br2NO5/c1-14(23(28)29)31-26-13-16-10-19(24)22(20(25)11-16)30-18-7-8-21(27)17(12-18)9-15-5-3-2-4-6-15/h2-8,10-14,27H,9H2,1H3,(H,28,29)/b26-13-. The minimum Gasteiger partial charge on any atom is -0.508 e. The van der Waals surface area contributed by atoms with E-state index in [0.717, 1.165) is 11.1 Å². The molecule has 0 spiro atoms. The highest BCUT2D eigenvalue weighted by atomic mass is 79.9. The molecule has 0 saturated heterocycles. The van der Waals surface area contributed by atoms with Crippen LogP contribution in [-0.2, 0) is 16.1 Å². The van der Waals surface area contributed by atoms with E-state index < -0.39 is 12.1 Å². The fourth-order valence-electron chi connectivity index (χ4n) is 2.68. The van der Waals surface area contributed by atoms with Gasteiger partial charge in [0.25, 0.3) is 0 Å². The number of halogens is 2. The third-order valence-corrected chi connectivity index (χ3v) is 5.48. The Bertz CT molecular complexity index is 1080. The highest BCUT2D eigenvalue weighted by Gasteiger charge is 2.13. The number of aliphatic carboxylic acids is 1. The zero-order valence-corrected chi connectivity index (χ0v) is 19.6. The molecule has 0 amide bonds. The van der Waals surface area contributed by atoms with Crippen molar-refractivity contribution in [2.45, 2.75) is 19.4 Å². The van der Waals surface area contributed by atoms with Crippen LogP contribution in [0.5, 0.6) is 17.2 Å². The second kappa shape index (κ2) is 10.5. The number of carboxylic acid groups (broad SMARTS) is 1. The molecule has 0 aromatic heterocycles. The number of rotatable bonds is 8. The van der Waals surface area contributed by atoms with Crippen LogP contribution in [-0.4, -0.2) is 28.5 Å². The van der Waals surface area contributed by atoms with Crippen molar-refractivity contribution in [3.05, 3.63) is 86.3 Å². The number of carbonyl (C=O) groups is 1. The predicted octanol–water partition coefficient (Wildman–Crippen LogP) is 6.12. The number of phenols is 1. The Morgan fingerprint density at radius 1 is 1.10 bits per heavy atom. The molecule has 2 N–H and O–H groups in total. The van der Waals surface area contributed by atoms with E-state index in [4.69, 9.17) is 14.7 Å². The van der Waals surface area contributed by atoms with Crippen LogP contribution in [0.15, 0.2) is 74.8 Å². The maximum absolute atomic E-state index is 10.8. The minimum absolute atomic E-state index is 0.205. The predicted molar refractivity (Wildman–Crippen MR) is 125 cm³/mol. The zero-order valence-electron chi connectivity index (χ0n) is 16.5. The van der Waals surface area contributed by atoms with Crippen LogP contribution in [0.25, 0.3) is 0 Å². The van der Waals surface area contributed by atoms with Gasteiger partial charge in [0.1, 0.15) is 11.5 Å². The van der Waals surface area contributed by atoms with Crippen LogP contribution in [0.4, 0.5) is 0 Å². The summed E-state index contributed by atoms with van der Waals surface area (Å²) >= 11 is 6.97. The van der Waals surface area contributed by atoms with E-state index in [-0.39, 0.29) is 5.75 Å². The van der Waals surface area contributed by atoms with Crippen molar-refractivity contribution in [1.82, 2.24) is 0 Å². The number of aromatic hydroxyl groups is 1. The number of ether oxygens (including phenoxy) is 1. The molecule has 0 bridgehead atoms. The van der Waals surface area contributed by atoms with E-state index in [0.29, 0.717) is 32.4 Å². The molecule has 0 radical (unpaired) electrons. The summed E-state index contributed by atoms with van der Waals surface area (Å²) in [7, 11) is 0. The first-order valence-electron chi connectivity index (χ1n) is 9.28. The van der Waals surface area contributed by atoms with Gasteiger partial charge in [-0.15, -0.1) is 0 Å². The first kappa shape index (κ1) is 22.8. The first-order valence-corrected chi connectivity index (χ1v) is 10.9. The first-order chi connectivity index (χ1) is 14.8. The summed E-state index contributed by atoms with van der Waals surface area (Å²) in [5.74, 6) is 0.235. The summed E-state index contributed by atoms with van der Waals surface area (Å²) < 4.78 is 7.36. The Kier molecular flexibility index (Phi) is 7.70. The van der Waals surface area contributed by atoms with Crippen molar-refractivity contribution >= 4 is 44.0 Å². The highest BCUT2D eigenvalue weighted by Crippen LogP contribution is 2.38. The van der Waals surface area contributed by atoms with Gasteiger partial charge in [0.05, 0.1) is 15.2 Å². The van der Waals surface area contributed by atoms with Gasteiger partial charge in [-0.1, -0.05) is 35.5 Å². The van der Waals surface area contributed by atoms with E-state index in [2.05, 4.69) is 37.0 Å². The smallest absolute Gasteiger partial charge is 0.347 e. The number of benzene rings is 3. The summed E-state index contributed by atoms with van der Waals surface area (Å²) in [6.45, 7) is 1.39. The molecule has 3 aromatic rings. The van der Waals surface area contributed by atoms with Crippen LogP contribution in [0.2, 0.25) is 0 Å². The molecule has 3 aromatic carbocycles. The molecule has 0 aliphatic carbocycles. The molecule has 3 rings (SSSR count). The summed E-state index contributed by atoms with van der Waals surface area (Å²) in [5.41, 5.74) is 2.52. The number of oxime groups is 1. The molecular formula is C23H19Br2NO5. The fourth-order valence-corrected chi connectivity index (χ4v) is 4.06. The summed E-state index contributed by atoms with van der Waals surface area (Å²) in [6.07, 6.45) is 0.957. The molecule has 0 saturated carbocycles. The second-order valence-electron chi connectivity index (χ2n) is 6.69. The lowest BCUT2D eigenvalue weighted by Crippen LogP contribution is -2.17. The molecule has 0 fully saturated rings. The van der Waals surface area contributed by atoms with E-state index >= 15 is 0 Å². The lowest BCUT2D eigenvalue weighted by atomic mass is 10.0. The van der Waals surface area contributed by atoms with Crippen molar-refractivity contribution in [2.24, 2.45) is 5.16 Å². The molecule has 0 aliphatic rings. The van der Waals surface area contributed by atoms with E-state index in [1.54, 1.807) is 30.3 Å². The van der Waals surface area contributed by atoms with E-state index in [9.17, 15) is 9.90 Å². The molecule has 6 nitrogen and oxygen atoms in total. The number of phenolic OH excluding ortho intramolecular Hbond substituents is 1. The van der Waals surface area contributed by atoms with Gasteiger partial charge in [0, 0.05) is 12.0 Å². The topological polar surface area (TPSA) is 88.4 Å². The van der Waals surface area contributed by atoms with Gasteiger partial charge in [-0.05, 0) is 80.2 Å². The van der Waals surface area contributed by atoms with Gasteiger partial charge in [-0.3, -0.25) is 0 Å². The second-order valence-corrected chi connectivity index (χ2v) is 8.40. The minimum atomic E-state index is -1.09. The largest absolute Gasteiger partial charge is 0.508 e. The van der Waals surface area contributed by atoms with Crippen LogP contribution in [0, 0.1) is 0 Å². The Balaban J connectivity index is 1.77. The normalized spacial score (nSPS) is 12.0. The molecule has 1 unspecified atom stereocenters. The molecular weight excluding hydrogens is 530 g/mol. The average molecular weight is 549 g/mol. The van der Waals surface area contributed by atoms with Crippen molar-refractivity contribution in [2.75, 3.05) is 0 Å². The quantitative estimate of drug-likeness (QED) is 0.261. The third-order valence-electron chi connectivity index (χ3n) is 4.30. The Labute approximate surface area is 196 Å². The number of carboxylic acids is 1. The summed E-state index contributed by atoms with van der Waals surface area (Å²) in [6, 6.07) is 18.5. The van der Waals surface area contributed by atoms with Gasteiger partial charge in [-0.2, -0.15) is 0 Å². The SMILES string of the molecule is CC(O/N=C\c1cc(Br)c(Oc2ccc(O)c(Cc3ccccc3)c2)c(Br)c1)C(=O)O. The number of nitrogens with zero attached hydrogens (tertiary/aromatic N) is 1. The Hall–Kier alpha value is -2.84. The van der Waals surface area contributed by atoms with Crippen molar-refractivity contribution in [1.29, 1.82) is 0 Å². The average Bonchev–Trinajstić information content (AvgIpc) is 2.73. The Morgan fingerprint density at radius 2 is 1.77 bits per heavy atom. The number of hydrogen-bond donors (Lipinski definition) is 2. The van der Waals surface area contributed by atoms with Crippen LogP contribution >= 0.6 is 31.9 Å².